The molecule has 0 spiro atoms. The molecule has 3 rings (SSSR count). The Bertz CT molecular complexity index is 780. The van der Waals surface area contributed by atoms with Gasteiger partial charge in [0.05, 0.1) is 5.69 Å². The summed E-state index contributed by atoms with van der Waals surface area (Å²) in [4.78, 5) is 12.0. The van der Waals surface area contributed by atoms with Gasteiger partial charge in [-0.1, -0.05) is 0 Å². The van der Waals surface area contributed by atoms with Gasteiger partial charge in [0, 0.05) is 5.69 Å². The third kappa shape index (κ3) is 2.11. The van der Waals surface area contributed by atoms with Gasteiger partial charge >= 0.3 is 0 Å². The Hall–Kier alpha value is -2.76. The molecule has 5 nitrogen and oxygen atoms in total. The predicted molar refractivity (Wildman–Crippen MR) is 73.2 cm³/mol. The molecule has 0 bridgehead atoms. The molecule has 0 fully saturated rings. The van der Waals surface area contributed by atoms with E-state index >= 15 is 0 Å². The fourth-order valence-electron chi connectivity index (χ4n) is 1.98. The minimum absolute atomic E-state index is 0.307. The molecule has 20 heavy (non-hydrogen) atoms. The lowest BCUT2D eigenvalue weighted by Gasteiger charge is -2.01. The van der Waals surface area contributed by atoms with Crippen LogP contribution < -0.4 is 5.32 Å². The van der Waals surface area contributed by atoms with Crippen molar-refractivity contribution in [2.45, 2.75) is 6.92 Å². The average Bonchev–Trinajstić information content (AvgIpc) is 2.83. The Kier molecular flexibility index (Phi) is 2.90. The van der Waals surface area contributed by atoms with Gasteiger partial charge in [0.15, 0.2) is 0 Å². The molecule has 0 aliphatic carbocycles. The zero-order valence-corrected chi connectivity index (χ0v) is 10.7. The average molecular weight is 270 g/mol. The highest BCUT2D eigenvalue weighted by Gasteiger charge is 2.08. The number of rotatable bonds is 3. The largest absolute Gasteiger partial charge is 0.328 e. The molecule has 0 aliphatic heterocycles. The number of nitrogens with zero attached hydrogens (tertiary/aromatic N) is 3. The smallest absolute Gasteiger partial charge is 0.211 e. The van der Waals surface area contributed by atoms with Crippen LogP contribution in [0.3, 0.4) is 0 Å². The number of hydrogen-bond donors (Lipinski definition) is 1. The number of amides is 1. The summed E-state index contributed by atoms with van der Waals surface area (Å²) in [5.74, 6) is -0.307. The fourth-order valence-corrected chi connectivity index (χ4v) is 1.98. The predicted octanol–water partition coefficient (Wildman–Crippen LogP) is 2.44. The lowest BCUT2D eigenvalue weighted by atomic mass is 10.2. The number of halogens is 1. The summed E-state index contributed by atoms with van der Waals surface area (Å²) in [6.45, 7) is 1.88. The van der Waals surface area contributed by atoms with Crippen molar-refractivity contribution in [2.75, 3.05) is 5.32 Å². The molecule has 1 N–H and O–H groups in total. The number of aromatic nitrogens is 3. The van der Waals surface area contributed by atoms with E-state index in [0.717, 1.165) is 5.56 Å². The molecule has 0 radical (unpaired) electrons. The van der Waals surface area contributed by atoms with Gasteiger partial charge in [0.1, 0.15) is 16.9 Å². The van der Waals surface area contributed by atoms with Gasteiger partial charge in [-0.15, -0.1) is 10.2 Å². The van der Waals surface area contributed by atoms with Crippen molar-refractivity contribution >= 4 is 23.1 Å². The first-order chi connectivity index (χ1) is 9.67. The van der Waals surface area contributed by atoms with E-state index in [1.807, 2.05) is 13.0 Å². The molecule has 1 aromatic heterocycles. The Labute approximate surface area is 114 Å². The summed E-state index contributed by atoms with van der Waals surface area (Å²) in [5.41, 5.74) is 3.63. The monoisotopic (exact) mass is 270 g/mol. The summed E-state index contributed by atoms with van der Waals surface area (Å²) >= 11 is 0. The van der Waals surface area contributed by atoms with Crippen LogP contribution in [0.5, 0.6) is 0 Å². The molecule has 3 aromatic rings. The molecular formula is C14H11FN4O. The van der Waals surface area contributed by atoms with Gasteiger partial charge in [0.2, 0.25) is 6.41 Å². The van der Waals surface area contributed by atoms with Crippen molar-refractivity contribution in [3.05, 3.63) is 47.8 Å². The first-order valence-electron chi connectivity index (χ1n) is 6.01. The molecule has 0 saturated carbocycles. The van der Waals surface area contributed by atoms with Crippen LogP contribution in [0.2, 0.25) is 0 Å². The van der Waals surface area contributed by atoms with Crippen molar-refractivity contribution in [3.63, 3.8) is 0 Å². The molecule has 0 unspecified atom stereocenters. The van der Waals surface area contributed by atoms with Crippen LogP contribution in [0.4, 0.5) is 10.1 Å². The van der Waals surface area contributed by atoms with E-state index in [2.05, 4.69) is 15.5 Å². The van der Waals surface area contributed by atoms with E-state index < -0.39 is 0 Å². The fraction of sp³-hybridized carbons (Fsp3) is 0.0714. The second kappa shape index (κ2) is 4.73. The number of anilines is 1. The molecule has 0 aliphatic rings. The summed E-state index contributed by atoms with van der Waals surface area (Å²) in [6.07, 6.45) is 0.624. The second-order valence-corrected chi connectivity index (χ2v) is 4.38. The third-order valence-corrected chi connectivity index (χ3v) is 3.00. The SMILES string of the molecule is Cc1cc2nn(-c3ccc(F)cc3)nc2cc1NC=O. The van der Waals surface area contributed by atoms with E-state index in [1.165, 1.54) is 16.9 Å². The van der Waals surface area contributed by atoms with Crippen molar-refractivity contribution in [3.8, 4) is 5.69 Å². The summed E-state index contributed by atoms with van der Waals surface area (Å²) < 4.78 is 12.9. The Morgan fingerprint density at radius 2 is 1.80 bits per heavy atom. The zero-order chi connectivity index (χ0) is 14.1. The standard InChI is InChI=1S/C14H11FN4O/c1-9-6-13-14(7-12(9)16-8-20)18-19(17-13)11-4-2-10(15)3-5-11/h2-8H,1H3,(H,16,20). The first-order valence-corrected chi connectivity index (χ1v) is 6.01. The third-order valence-electron chi connectivity index (χ3n) is 3.00. The van der Waals surface area contributed by atoms with Gasteiger partial charge in [-0.25, -0.2) is 4.39 Å². The van der Waals surface area contributed by atoms with Crippen molar-refractivity contribution in [1.82, 2.24) is 15.0 Å². The molecule has 0 saturated heterocycles. The van der Waals surface area contributed by atoms with Crippen LogP contribution in [-0.4, -0.2) is 21.4 Å². The van der Waals surface area contributed by atoms with Gasteiger partial charge in [0.25, 0.3) is 0 Å². The number of benzene rings is 2. The van der Waals surface area contributed by atoms with Crippen LogP contribution in [-0.2, 0) is 4.79 Å². The molecule has 100 valence electrons. The number of fused-ring (bicyclic) bond motifs is 1. The zero-order valence-electron chi connectivity index (χ0n) is 10.7. The van der Waals surface area contributed by atoms with Crippen molar-refractivity contribution in [1.29, 1.82) is 0 Å². The highest BCUT2D eigenvalue weighted by atomic mass is 19.1. The maximum absolute atomic E-state index is 12.9. The van der Waals surface area contributed by atoms with E-state index in [4.69, 9.17) is 0 Å². The molecule has 0 atom stereocenters. The maximum Gasteiger partial charge on any atom is 0.211 e. The Morgan fingerprint density at radius 1 is 1.15 bits per heavy atom. The lowest BCUT2D eigenvalue weighted by Crippen LogP contribution is -1.98. The quantitative estimate of drug-likeness (QED) is 0.744. The number of aryl methyl sites for hydroxylation is 1. The van der Waals surface area contributed by atoms with E-state index in [9.17, 15) is 9.18 Å². The molecule has 2 aromatic carbocycles. The van der Waals surface area contributed by atoms with Gasteiger partial charge in [-0.3, -0.25) is 4.79 Å². The summed E-state index contributed by atoms with van der Waals surface area (Å²) in [5, 5.41) is 11.3. The number of nitrogens with one attached hydrogen (secondary N) is 1. The summed E-state index contributed by atoms with van der Waals surface area (Å²) in [7, 11) is 0. The highest BCUT2D eigenvalue weighted by molar-refractivity contribution is 5.84. The Balaban J connectivity index is 2.10. The van der Waals surface area contributed by atoms with Crippen LogP contribution in [0.15, 0.2) is 36.4 Å². The lowest BCUT2D eigenvalue weighted by molar-refractivity contribution is -0.105. The number of carbonyl (C=O) groups is 1. The molecular weight excluding hydrogens is 259 g/mol. The normalized spacial score (nSPS) is 10.7. The van der Waals surface area contributed by atoms with Crippen molar-refractivity contribution in [2.24, 2.45) is 0 Å². The molecule has 6 heteroatoms. The van der Waals surface area contributed by atoms with Crippen LogP contribution in [0.1, 0.15) is 5.56 Å². The number of carbonyl (C=O) groups excluding carboxylic acids is 1. The second-order valence-electron chi connectivity index (χ2n) is 4.38. The summed E-state index contributed by atoms with van der Waals surface area (Å²) in [6, 6.07) is 9.51. The minimum Gasteiger partial charge on any atom is -0.328 e. The van der Waals surface area contributed by atoms with Crippen molar-refractivity contribution < 1.29 is 9.18 Å². The number of hydrogen-bond acceptors (Lipinski definition) is 3. The maximum atomic E-state index is 12.9. The van der Waals surface area contributed by atoms with Crippen LogP contribution in [0.25, 0.3) is 16.7 Å². The van der Waals surface area contributed by atoms with Gasteiger partial charge in [-0.05, 0) is 48.9 Å². The van der Waals surface area contributed by atoms with E-state index in [-0.39, 0.29) is 5.82 Å². The van der Waals surface area contributed by atoms with Crippen LogP contribution in [0, 0.1) is 12.7 Å². The minimum atomic E-state index is -0.307. The highest BCUT2D eigenvalue weighted by Crippen LogP contribution is 2.21. The van der Waals surface area contributed by atoms with Gasteiger partial charge in [-0.2, -0.15) is 4.80 Å². The molecule has 1 heterocycles. The Morgan fingerprint density at radius 3 is 2.45 bits per heavy atom. The van der Waals surface area contributed by atoms with Gasteiger partial charge < -0.3 is 5.32 Å². The van der Waals surface area contributed by atoms with E-state index in [0.29, 0.717) is 28.8 Å². The topological polar surface area (TPSA) is 59.8 Å². The van der Waals surface area contributed by atoms with Crippen LogP contribution >= 0.6 is 0 Å². The van der Waals surface area contributed by atoms with E-state index in [1.54, 1.807) is 18.2 Å². The first kappa shape index (κ1) is 12.3. The molecule has 1 amide bonds.